The number of thiophene rings is 1. The summed E-state index contributed by atoms with van der Waals surface area (Å²) in [5, 5.41) is 6.81. The van der Waals surface area contributed by atoms with Crippen LogP contribution in [0.15, 0.2) is 70.1 Å². The minimum atomic E-state index is 0.782. The van der Waals surface area contributed by atoms with Crippen molar-refractivity contribution in [3.8, 4) is 0 Å². The number of hydrazone groups is 1. The normalized spacial score (nSPS) is 13.3. The molecule has 0 bridgehead atoms. The Morgan fingerprint density at radius 2 is 1.69 bits per heavy atom. The average molecular weight is 359 g/mol. The van der Waals surface area contributed by atoms with E-state index in [1.807, 2.05) is 0 Å². The fourth-order valence-electron chi connectivity index (χ4n) is 3.03. The van der Waals surface area contributed by atoms with Crippen LogP contribution in [-0.2, 0) is 12.8 Å². The van der Waals surface area contributed by atoms with Gasteiger partial charge in [-0.25, -0.2) is 4.99 Å². The van der Waals surface area contributed by atoms with Gasteiger partial charge in [0.25, 0.3) is 0 Å². The van der Waals surface area contributed by atoms with Gasteiger partial charge in [0.1, 0.15) is 5.71 Å². The molecular formula is C22H21N3S. The first-order chi connectivity index (χ1) is 12.8. The second-order valence-corrected chi connectivity index (χ2v) is 7.21. The van der Waals surface area contributed by atoms with Crippen LogP contribution in [-0.4, -0.2) is 11.5 Å². The summed E-state index contributed by atoms with van der Waals surface area (Å²) >= 11 is 1.70. The molecule has 0 unspecified atom stereocenters. The van der Waals surface area contributed by atoms with Crippen molar-refractivity contribution >= 4 is 28.6 Å². The van der Waals surface area contributed by atoms with Crippen molar-refractivity contribution in [3.63, 3.8) is 0 Å². The van der Waals surface area contributed by atoms with Gasteiger partial charge in [0.2, 0.25) is 0 Å². The largest absolute Gasteiger partial charge is 0.260 e. The number of hydrogen-bond donors (Lipinski definition) is 1. The molecule has 0 radical (unpaired) electrons. The quantitative estimate of drug-likeness (QED) is 0.673. The van der Waals surface area contributed by atoms with Crippen LogP contribution in [0.2, 0.25) is 0 Å². The molecule has 1 aromatic heterocycles. The maximum atomic E-state index is 4.90. The minimum absolute atomic E-state index is 0.782. The summed E-state index contributed by atoms with van der Waals surface area (Å²) in [5.74, 6) is 0.782. The monoisotopic (exact) mass is 359 g/mol. The van der Waals surface area contributed by atoms with Crippen molar-refractivity contribution < 1.29 is 0 Å². The van der Waals surface area contributed by atoms with Gasteiger partial charge in [0, 0.05) is 11.1 Å². The lowest BCUT2D eigenvalue weighted by molar-refractivity contribution is 1.03. The van der Waals surface area contributed by atoms with Crippen molar-refractivity contribution in [2.75, 3.05) is 0 Å². The van der Waals surface area contributed by atoms with Crippen LogP contribution in [0.4, 0.5) is 5.69 Å². The Balaban J connectivity index is 1.83. The molecule has 0 saturated carbocycles. The number of fused-ring (bicyclic) bond motifs is 1. The van der Waals surface area contributed by atoms with E-state index >= 15 is 0 Å². The Bertz CT molecular complexity index is 967. The zero-order valence-corrected chi connectivity index (χ0v) is 15.8. The number of hydrogen-bond acceptors (Lipinski definition) is 4. The van der Waals surface area contributed by atoms with E-state index in [0.717, 1.165) is 46.1 Å². The van der Waals surface area contributed by atoms with E-state index in [-0.39, 0.29) is 0 Å². The van der Waals surface area contributed by atoms with Gasteiger partial charge in [0.05, 0.1) is 10.6 Å². The van der Waals surface area contributed by atoms with Crippen LogP contribution in [0, 0.1) is 0 Å². The Kier molecular flexibility index (Phi) is 4.67. The molecular weight excluding hydrogens is 338 g/mol. The van der Waals surface area contributed by atoms with Crippen LogP contribution in [0.3, 0.4) is 0 Å². The molecule has 2 aromatic carbocycles. The third-order valence-corrected chi connectivity index (χ3v) is 5.50. The number of benzene rings is 2. The number of amidine groups is 1. The maximum Gasteiger partial charge on any atom is 0.154 e. The SMILES string of the molecule is CCc1ccc(C2=Nc3ccc(CC)cc3C(c3cccs3)=NN2)cc1. The van der Waals surface area contributed by atoms with Gasteiger partial charge in [-0.05, 0) is 47.5 Å². The predicted molar refractivity (Wildman–Crippen MR) is 111 cm³/mol. The maximum absolute atomic E-state index is 4.90. The van der Waals surface area contributed by atoms with Crippen LogP contribution >= 0.6 is 11.3 Å². The molecule has 4 rings (SSSR count). The van der Waals surface area contributed by atoms with Gasteiger partial charge >= 0.3 is 0 Å². The molecule has 0 amide bonds. The highest BCUT2D eigenvalue weighted by Crippen LogP contribution is 2.28. The summed E-state index contributed by atoms with van der Waals surface area (Å²) < 4.78 is 0. The van der Waals surface area contributed by atoms with Gasteiger partial charge < -0.3 is 0 Å². The summed E-state index contributed by atoms with van der Waals surface area (Å²) in [7, 11) is 0. The molecule has 130 valence electrons. The number of nitrogens with one attached hydrogen (secondary N) is 1. The molecule has 0 saturated heterocycles. The third kappa shape index (κ3) is 3.20. The summed E-state index contributed by atoms with van der Waals surface area (Å²) in [5.41, 5.74) is 9.85. The fourth-order valence-corrected chi connectivity index (χ4v) is 3.76. The first kappa shape index (κ1) is 16.7. The van der Waals surface area contributed by atoms with E-state index in [1.165, 1.54) is 11.1 Å². The van der Waals surface area contributed by atoms with Crippen molar-refractivity contribution in [1.82, 2.24) is 5.43 Å². The van der Waals surface area contributed by atoms with E-state index in [2.05, 4.69) is 79.3 Å². The Morgan fingerprint density at radius 3 is 2.38 bits per heavy atom. The van der Waals surface area contributed by atoms with Gasteiger partial charge in [-0.3, -0.25) is 5.43 Å². The van der Waals surface area contributed by atoms with Gasteiger partial charge in [-0.15, -0.1) is 11.3 Å². The summed E-state index contributed by atoms with van der Waals surface area (Å²) in [6, 6.07) is 19.1. The van der Waals surface area contributed by atoms with Gasteiger partial charge in [-0.1, -0.05) is 50.2 Å². The highest BCUT2D eigenvalue weighted by molar-refractivity contribution is 7.12. The lowest BCUT2D eigenvalue weighted by atomic mass is 10.0. The molecule has 0 fully saturated rings. The molecule has 0 atom stereocenters. The molecule has 26 heavy (non-hydrogen) atoms. The summed E-state index contributed by atoms with van der Waals surface area (Å²) in [6.07, 6.45) is 2.02. The van der Waals surface area contributed by atoms with Crippen molar-refractivity contribution in [1.29, 1.82) is 0 Å². The van der Waals surface area contributed by atoms with E-state index in [9.17, 15) is 0 Å². The summed E-state index contributed by atoms with van der Waals surface area (Å²) in [6.45, 7) is 4.33. The predicted octanol–water partition coefficient (Wildman–Crippen LogP) is 5.31. The van der Waals surface area contributed by atoms with E-state index < -0.39 is 0 Å². The van der Waals surface area contributed by atoms with E-state index in [0.29, 0.717) is 0 Å². The minimum Gasteiger partial charge on any atom is -0.260 e. The number of aryl methyl sites for hydroxylation is 2. The molecule has 3 nitrogen and oxygen atoms in total. The number of aliphatic imine (C=N–C) groups is 1. The molecule has 1 aliphatic rings. The molecule has 1 aliphatic heterocycles. The Morgan fingerprint density at radius 1 is 0.923 bits per heavy atom. The standard InChI is InChI=1S/C22H21N3S/c1-3-15-7-10-17(11-8-15)22-23-19-12-9-16(4-2)14-18(19)21(24-25-22)20-6-5-13-26-20/h5-14H,3-4H2,1-2H3,(H,23,25). The van der Waals surface area contributed by atoms with Crippen molar-refractivity contribution in [2.45, 2.75) is 26.7 Å². The Hall–Kier alpha value is -2.72. The van der Waals surface area contributed by atoms with E-state index in [4.69, 9.17) is 10.1 Å². The van der Waals surface area contributed by atoms with Gasteiger partial charge in [-0.2, -0.15) is 5.10 Å². The molecule has 0 spiro atoms. The average Bonchev–Trinajstić information content (AvgIpc) is 3.15. The molecule has 3 aromatic rings. The highest BCUT2D eigenvalue weighted by Gasteiger charge is 2.18. The first-order valence-corrected chi connectivity index (χ1v) is 9.85. The zero-order chi connectivity index (χ0) is 17.9. The van der Waals surface area contributed by atoms with Crippen molar-refractivity contribution in [3.05, 3.63) is 87.1 Å². The first-order valence-electron chi connectivity index (χ1n) is 8.97. The fraction of sp³-hybridized carbons (Fsp3) is 0.182. The molecule has 4 heteroatoms. The van der Waals surface area contributed by atoms with Crippen LogP contribution in [0.5, 0.6) is 0 Å². The lowest BCUT2D eigenvalue weighted by Gasteiger charge is -2.07. The Labute approximate surface area is 158 Å². The zero-order valence-electron chi connectivity index (χ0n) is 15.0. The molecule has 2 heterocycles. The van der Waals surface area contributed by atoms with E-state index in [1.54, 1.807) is 11.3 Å². The van der Waals surface area contributed by atoms with Crippen LogP contribution < -0.4 is 5.43 Å². The smallest absolute Gasteiger partial charge is 0.154 e. The second-order valence-electron chi connectivity index (χ2n) is 6.27. The van der Waals surface area contributed by atoms with Gasteiger partial charge in [0.15, 0.2) is 5.84 Å². The topological polar surface area (TPSA) is 36.8 Å². The number of rotatable bonds is 4. The third-order valence-electron chi connectivity index (χ3n) is 4.62. The second kappa shape index (κ2) is 7.26. The van der Waals surface area contributed by atoms with Crippen molar-refractivity contribution in [2.24, 2.45) is 10.1 Å². The number of nitrogens with zero attached hydrogens (tertiary/aromatic N) is 2. The van der Waals surface area contributed by atoms with Crippen LogP contribution in [0.25, 0.3) is 0 Å². The van der Waals surface area contributed by atoms with Crippen LogP contribution in [0.1, 0.15) is 41.0 Å². The summed E-state index contributed by atoms with van der Waals surface area (Å²) in [4.78, 5) is 6.04. The lowest BCUT2D eigenvalue weighted by Crippen LogP contribution is -2.19. The highest BCUT2D eigenvalue weighted by atomic mass is 32.1. The molecule has 0 aliphatic carbocycles. The molecule has 1 N–H and O–H groups in total.